The fourth-order valence-electron chi connectivity index (χ4n) is 7.43. The maximum Gasteiger partial charge on any atom is 0.329 e. The number of thioether (sulfide) groups is 1. The number of rotatable bonds is 15. The van der Waals surface area contributed by atoms with Gasteiger partial charge in [-0.3, -0.25) is 9.59 Å². The molecular weight excluding hydrogens is 699 g/mol. The van der Waals surface area contributed by atoms with Gasteiger partial charge < -0.3 is 30.9 Å². The van der Waals surface area contributed by atoms with E-state index in [9.17, 15) is 24.0 Å². The first-order valence-corrected chi connectivity index (χ1v) is 19.4. The fraction of sp³-hybridized carbons (Fsp3) is 0.486. The van der Waals surface area contributed by atoms with Crippen molar-refractivity contribution in [3.05, 3.63) is 60.8 Å². The van der Waals surface area contributed by atoms with Crippen molar-refractivity contribution in [2.24, 2.45) is 0 Å². The van der Waals surface area contributed by atoms with Crippen LogP contribution >= 0.6 is 11.8 Å². The van der Waals surface area contributed by atoms with E-state index in [0.29, 0.717) is 87.3 Å². The van der Waals surface area contributed by atoms with Crippen LogP contribution in [-0.4, -0.2) is 105 Å². The first-order chi connectivity index (χ1) is 25.8. The second-order valence-electron chi connectivity index (χ2n) is 14.0. The summed E-state index contributed by atoms with van der Waals surface area (Å²) in [6.45, 7) is 2.08. The highest BCUT2D eigenvalue weighted by Gasteiger charge is 2.53. The molecule has 4 aliphatic rings. The minimum Gasteiger partial charge on any atom is -0.380 e. The van der Waals surface area contributed by atoms with Crippen molar-refractivity contribution in [3.8, 4) is 11.3 Å². The summed E-state index contributed by atoms with van der Waals surface area (Å²) in [6, 6.07) is 15.9. The molecule has 3 aromatic rings. The van der Waals surface area contributed by atoms with Crippen molar-refractivity contribution in [1.82, 2.24) is 35.8 Å². The van der Waals surface area contributed by atoms with Crippen LogP contribution in [0.5, 0.6) is 0 Å². The fourth-order valence-corrected chi connectivity index (χ4v) is 8.97. The van der Waals surface area contributed by atoms with Crippen LogP contribution in [0.1, 0.15) is 51.4 Å². The molecule has 53 heavy (non-hydrogen) atoms. The lowest BCUT2D eigenvalue weighted by molar-refractivity contribution is -0.123. The lowest BCUT2D eigenvalue weighted by Gasteiger charge is -2.37. The van der Waals surface area contributed by atoms with E-state index in [2.05, 4.69) is 31.6 Å². The average molecular weight is 744 g/mol. The van der Waals surface area contributed by atoms with Crippen molar-refractivity contribution in [2.45, 2.75) is 80.8 Å². The number of ketones is 1. The number of nitrogens with zero attached hydrogens (tertiary/aromatic N) is 5. The van der Waals surface area contributed by atoms with Crippen LogP contribution in [0, 0.1) is 0 Å². The van der Waals surface area contributed by atoms with Crippen LogP contribution in [0.15, 0.2) is 60.8 Å². The Hall–Kier alpha value is -4.96. The molecule has 1 spiro atoms. The van der Waals surface area contributed by atoms with Crippen LogP contribution in [0.3, 0.4) is 0 Å². The quantitative estimate of drug-likeness (QED) is 0.101. The molecule has 4 fully saturated rings. The number of hydrogen-bond acceptors (Lipinski definition) is 9. The number of carbonyl (C=O) groups is 5. The first-order valence-electron chi connectivity index (χ1n) is 18.3. The normalized spacial score (nSPS) is 21.7. The van der Waals surface area contributed by atoms with Crippen LogP contribution in [0.25, 0.3) is 11.3 Å². The molecule has 0 aliphatic carbocycles. The topological polar surface area (TPSA) is 180 Å². The summed E-state index contributed by atoms with van der Waals surface area (Å²) in [6.07, 6.45) is 7.11. The zero-order chi connectivity index (χ0) is 36.8. The van der Waals surface area contributed by atoms with Crippen LogP contribution in [0.4, 0.5) is 25.8 Å². The largest absolute Gasteiger partial charge is 0.380 e. The molecule has 1 aromatic heterocycles. The Bertz CT molecular complexity index is 1810. The highest BCUT2D eigenvalue weighted by molar-refractivity contribution is 8.00. The van der Waals surface area contributed by atoms with Crippen LogP contribution in [0.2, 0.25) is 0 Å². The van der Waals surface area contributed by atoms with E-state index >= 15 is 0 Å². The summed E-state index contributed by atoms with van der Waals surface area (Å²) in [4.78, 5) is 66.0. The number of anilines is 2. The number of imide groups is 1. The summed E-state index contributed by atoms with van der Waals surface area (Å²) in [5.74, 6) is 0.925. The van der Waals surface area contributed by atoms with Gasteiger partial charge in [0.05, 0.1) is 37.1 Å². The molecule has 7 amide bonds. The predicted molar refractivity (Wildman–Crippen MR) is 199 cm³/mol. The number of likely N-dealkylation sites (tertiary alicyclic amines) is 1. The van der Waals surface area contributed by atoms with E-state index in [-0.39, 0.29) is 35.8 Å². The molecule has 2 aromatic carbocycles. The smallest absolute Gasteiger partial charge is 0.329 e. The number of fused-ring (bicyclic) bond motifs is 1. The van der Waals surface area contributed by atoms with Gasteiger partial charge in [0.25, 0.3) is 5.91 Å². The van der Waals surface area contributed by atoms with E-state index in [1.165, 1.54) is 4.90 Å². The van der Waals surface area contributed by atoms with Crippen molar-refractivity contribution < 1.29 is 28.7 Å². The Kier molecular flexibility index (Phi) is 11.2. The van der Waals surface area contributed by atoms with Crippen molar-refractivity contribution in [3.63, 3.8) is 0 Å². The average Bonchev–Trinajstić information content (AvgIpc) is 3.93. The molecule has 16 heteroatoms. The molecule has 3 atom stereocenters. The Balaban J connectivity index is 0.783. The molecule has 15 nitrogen and oxygen atoms in total. The standard InChI is InChI=1S/C37H45N9O6S/c47-28(12-4-5-14-31-32-30(24-53-31)39-34(49)40-32)13-7-20-52-21-19-45-23-29(42-43-45)25-8-6-9-26(22-25)38-35(50)44-17-15-37(16-18-44)33(48)46(36(51)41-37)27-10-2-1-3-11-27/h1-3,6,8-11,22-23,30-32H,4-5,7,12-21,24H2,(H,38,50)(H,41,51)(H2,39,40,49)/t30-,31-,32-/m0/s1. The van der Waals surface area contributed by atoms with E-state index < -0.39 is 11.6 Å². The van der Waals surface area contributed by atoms with Gasteiger partial charge in [-0.15, -0.1) is 5.10 Å². The Morgan fingerprint density at radius 2 is 1.77 bits per heavy atom. The predicted octanol–water partition coefficient (Wildman–Crippen LogP) is 4.16. The molecular formula is C37H45N9O6S. The number of amides is 7. The molecule has 7 rings (SSSR count). The zero-order valence-electron chi connectivity index (χ0n) is 29.5. The number of ether oxygens (including phenoxy) is 1. The Labute approximate surface area is 311 Å². The summed E-state index contributed by atoms with van der Waals surface area (Å²) >= 11 is 1.90. The molecule has 0 radical (unpaired) electrons. The summed E-state index contributed by atoms with van der Waals surface area (Å²) in [5, 5.41) is 20.7. The lowest BCUT2D eigenvalue weighted by Crippen LogP contribution is -2.56. The SMILES string of the molecule is O=C(CCCC[C@@H]1SC[C@@H]2NC(=O)N[C@@H]21)CCCOCCn1cc(-c2cccc(NC(=O)N3CCC4(CC3)NC(=O)N(c3ccccc3)C4=O)c2)nn1. The van der Waals surface area contributed by atoms with Crippen molar-refractivity contribution in [1.29, 1.82) is 0 Å². The van der Waals surface area contributed by atoms with E-state index in [4.69, 9.17) is 4.74 Å². The number of benzene rings is 2. The minimum atomic E-state index is -1.02. The van der Waals surface area contributed by atoms with Gasteiger partial charge in [-0.1, -0.05) is 42.0 Å². The Morgan fingerprint density at radius 3 is 2.60 bits per heavy atom. The highest BCUT2D eigenvalue weighted by atomic mass is 32.2. The molecule has 4 saturated heterocycles. The van der Waals surface area contributed by atoms with E-state index in [1.54, 1.807) is 39.9 Å². The molecule has 4 N–H and O–H groups in total. The van der Waals surface area contributed by atoms with Gasteiger partial charge in [-0.2, -0.15) is 11.8 Å². The summed E-state index contributed by atoms with van der Waals surface area (Å²) < 4.78 is 7.46. The number of aromatic nitrogens is 3. The summed E-state index contributed by atoms with van der Waals surface area (Å²) in [7, 11) is 0. The number of para-hydroxylation sites is 1. The van der Waals surface area contributed by atoms with E-state index in [1.807, 2.05) is 42.2 Å². The van der Waals surface area contributed by atoms with E-state index in [0.717, 1.165) is 30.6 Å². The lowest BCUT2D eigenvalue weighted by atomic mass is 9.87. The molecule has 4 aliphatic heterocycles. The van der Waals surface area contributed by atoms with Gasteiger partial charge >= 0.3 is 18.1 Å². The number of urea groups is 3. The third-order valence-electron chi connectivity index (χ3n) is 10.4. The molecule has 5 heterocycles. The number of nitrogens with one attached hydrogen (secondary N) is 4. The number of Topliss-reactive ketones (excluding diaryl/α,β-unsaturated/α-hetero) is 1. The molecule has 0 unspecified atom stereocenters. The van der Waals surface area contributed by atoms with Gasteiger partial charge in [-0.25, -0.2) is 24.0 Å². The minimum absolute atomic E-state index is 0.0654. The zero-order valence-corrected chi connectivity index (χ0v) is 30.3. The third kappa shape index (κ3) is 8.49. The monoisotopic (exact) mass is 743 g/mol. The molecule has 0 bridgehead atoms. The molecule has 0 saturated carbocycles. The highest BCUT2D eigenvalue weighted by Crippen LogP contribution is 2.34. The Morgan fingerprint density at radius 1 is 0.962 bits per heavy atom. The summed E-state index contributed by atoms with van der Waals surface area (Å²) in [5.41, 5.74) is 1.55. The number of unbranched alkanes of at least 4 members (excludes halogenated alkanes) is 1. The second-order valence-corrected chi connectivity index (χ2v) is 15.2. The van der Waals surface area contributed by atoms with Gasteiger partial charge in [0, 0.05) is 54.8 Å². The maximum atomic E-state index is 13.3. The van der Waals surface area contributed by atoms with Crippen LogP contribution in [-0.2, 0) is 20.9 Å². The number of carbonyl (C=O) groups excluding carboxylic acids is 5. The van der Waals surface area contributed by atoms with Crippen LogP contribution < -0.4 is 26.2 Å². The first kappa shape index (κ1) is 36.4. The molecule has 280 valence electrons. The number of piperidine rings is 1. The van der Waals surface area contributed by atoms with Gasteiger partial charge in [0.2, 0.25) is 0 Å². The van der Waals surface area contributed by atoms with Crippen molar-refractivity contribution >= 4 is 52.9 Å². The maximum absolute atomic E-state index is 13.3. The second kappa shape index (κ2) is 16.4. The van der Waals surface area contributed by atoms with Gasteiger partial charge in [0.15, 0.2) is 0 Å². The van der Waals surface area contributed by atoms with Gasteiger partial charge in [-0.05, 0) is 56.4 Å². The number of hydrogen-bond donors (Lipinski definition) is 4. The van der Waals surface area contributed by atoms with Gasteiger partial charge in [0.1, 0.15) is 17.0 Å². The van der Waals surface area contributed by atoms with Crippen molar-refractivity contribution in [2.75, 3.05) is 42.3 Å². The third-order valence-corrected chi connectivity index (χ3v) is 11.9.